The summed E-state index contributed by atoms with van der Waals surface area (Å²) in [5.41, 5.74) is 4.06. The third-order valence-corrected chi connectivity index (χ3v) is 6.33. The number of benzene rings is 1. The van der Waals surface area contributed by atoms with Crippen LogP contribution in [-0.4, -0.2) is 63.2 Å². The summed E-state index contributed by atoms with van der Waals surface area (Å²) in [6.45, 7) is 6.39. The van der Waals surface area contributed by atoms with E-state index in [1.54, 1.807) is 0 Å². The molecule has 5 nitrogen and oxygen atoms in total. The second-order valence-corrected chi connectivity index (χ2v) is 8.18. The number of aryl methyl sites for hydroxylation is 1. The van der Waals surface area contributed by atoms with Crippen LogP contribution in [0.2, 0.25) is 0 Å². The number of hydrogen-bond donors (Lipinski definition) is 1. The van der Waals surface area contributed by atoms with Crippen LogP contribution in [0.15, 0.2) is 24.3 Å². The third-order valence-electron chi connectivity index (χ3n) is 6.33. The molecule has 0 radical (unpaired) electrons. The number of hydrogen-bond acceptors (Lipinski definition) is 5. The fourth-order valence-corrected chi connectivity index (χ4v) is 4.86. The first kappa shape index (κ1) is 18.8. The van der Waals surface area contributed by atoms with Crippen LogP contribution < -0.4 is 0 Å². The molecule has 1 aromatic carbocycles. The molecule has 0 amide bonds. The SMILES string of the molecule is Cc1nc2ccccc2nc1CN1CCN(C2CCCCC2)[C@H](CCO)C1. The van der Waals surface area contributed by atoms with E-state index in [1.165, 1.54) is 32.1 Å². The summed E-state index contributed by atoms with van der Waals surface area (Å²) in [4.78, 5) is 14.8. The summed E-state index contributed by atoms with van der Waals surface area (Å²) >= 11 is 0. The van der Waals surface area contributed by atoms with Crippen LogP contribution in [0.1, 0.15) is 49.9 Å². The van der Waals surface area contributed by atoms with Crippen LogP contribution in [0.4, 0.5) is 0 Å². The number of para-hydroxylation sites is 2. The van der Waals surface area contributed by atoms with Gasteiger partial charge in [0.1, 0.15) is 0 Å². The minimum absolute atomic E-state index is 0.274. The Morgan fingerprint density at radius 2 is 1.78 bits per heavy atom. The van der Waals surface area contributed by atoms with Gasteiger partial charge in [0.15, 0.2) is 0 Å². The average Bonchev–Trinajstić information content (AvgIpc) is 2.70. The average molecular weight is 369 g/mol. The normalized spacial score (nSPS) is 23.1. The second-order valence-electron chi connectivity index (χ2n) is 8.18. The molecule has 2 aromatic rings. The molecule has 1 atom stereocenters. The standard InChI is InChI=1S/C22H32N4O/c1-17-22(24-21-10-6-5-9-20(21)23-17)16-25-12-13-26(19(15-25)11-14-27)18-7-3-2-4-8-18/h5-6,9-10,18-19,27H,2-4,7-8,11-16H2,1H3/t19-/m1/s1. The Bertz CT molecular complexity index is 759. The molecule has 0 spiro atoms. The van der Waals surface area contributed by atoms with Gasteiger partial charge in [-0.25, -0.2) is 9.97 Å². The Labute approximate surface area is 162 Å². The molecule has 27 heavy (non-hydrogen) atoms. The molecule has 2 fully saturated rings. The largest absolute Gasteiger partial charge is 0.396 e. The predicted octanol–water partition coefficient (Wildman–Crippen LogP) is 3.14. The fourth-order valence-electron chi connectivity index (χ4n) is 4.86. The summed E-state index contributed by atoms with van der Waals surface area (Å²) < 4.78 is 0. The number of nitrogens with zero attached hydrogens (tertiary/aromatic N) is 4. The van der Waals surface area contributed by atoms with Crippen LogP contribution in [0.3, 0.4) is 0 Å². The van der Waals surface area contributed by atoms with Gasteiger partial charge in [0.05, 0.1) is 22.4 Å². The van der Waals surface area contributed by atoms with Gasteiger partial charge in [-0.3, -0.25) is 9.80 Å². The van der Waals surface area contributed by atoms with E-state index in [-0.39, 0.29) is 6.61 Å². The van der Waals surface area contributed by atoms with Crippen LogP contribution in [0, 0.1) is 6.92 Å². The van der Waals surface area contributed by atoms with E-state index in [0.717, 1.165) is 61.1 Å². The fraction of sp³-hybridized carbons (Fsp3) is 0.636. The maximum absolute atomic E-state index is 9.61. The topological polar surface area (TPSA) is 52.5 Å². The molecule has 1 saturated carbocycles. The van der Waals surface area contributed by atoms with Gasteiger partial charge in [-0.05, 0) is 38.3 Å². The van der Waals surface area contributed by atoms with Crippen molar-refractivity contribution in [3.8, 4) is 0 Å². The highest BCUT2D eigenvalue weighted by Gasteiger charge is 2.32. The Morgan fingerprint density at radius 3 is 2.52 bits per heavy atom. The van der Waals surface area contributed by atoms with Gasteiger partial charge in [-0.1, -0.05) is 31.4 Å². The van der Waals surface area contributed by atoms with Gasteiger partial charge in [0.25, 0.3) is 0 Å². The van der Waals surface area contributed by atoms with E-state index in [4.69, 9.17) is 9.97 Å². The molecule has 1 aromatic heterocycles. The molecule has 1 N–H and O–H groups in total. The molecule has 0 bridgehead atoms. The Kier molecular flexibility index (Phi) is 6.01. The van der Waals surface area contributed by atoms with Crippen LogP contribution in [0.5, 0.6) is 0 Å². The van der Waals surface area contributed by atoms with Crippen molar-refractivity contribution in [3.63, 3.8) is 0 Å². The number of rotatable bonds is 5. The molecule has 146 valence electrons. The van der Waals surface area contributed by atoms with Crippen molar-refractivity contribution in [2.24, 2.45) is 0 Å². The lowest BCUT2D eigenvalue weighted by molar-refractivity contribution is 0.0132. The highest BCUT2D eigenvalue weighted by Crippen LogP contribution is 2.27. The summed E-state index contributed by atoms with van der Waals surface area (Å²) in [6, 6.07) is 9.29. The third kappa shape index (κ3) is 4.31. The molecular formula is C22H32N4O. The van der Waals surface area contributed by atoms with Crippen molar-refractivity contribution in [1.82, 2.24) is 19.8 Å². The number of aliphatic hydroxyl groups is 1. The predicted molar refractivity (Wildman–Crippen MR) is 109 cm³/mol. The molecule has 1 aliphatic carbocycles. The van der Waals surface area contributed by atoms with Crippen LogP contribution in [-0.2, 0) is 6.54 Å². The van der Waals surface area contributed by atoms with Gasteiger partial charge >= 0.3 is 0 Å². The van der Waals surface area contributed by atoms with E-state index in [9.17, 15) is 5.11 Å². The molecule has 5 heteroatoms. The molecule has 2 heterocycles. The monoisotopic (exact) mass is 368 g/mol. The zero-order chi connectivity index (χ0) is 18.6. The zero-order valence-corrected chi connectivity index (χ0v) is 16.5. The van der Waals surface area contributed by atoms with Gasteiger partial charge < -0.3 is 5.11 Å². The number of piperazine rings is 1. The first-order valence-corrected chi connectivity index (χ1v) is 10.6. The van der Waals surface area contributed by atoms with Gasteiger partial charge in [-0.15, -0.1) is 0 Å². The van der Waals surface area contributed by atoms with E-state index < -0.39 is 0 Å². The number of fused-ring (bicyclic) bond motifs is 1. The summed E-state index contributed by atoms with van der Waals surface area (Å²) in [5.74, 6) is 0. The van der Waals surface area contributed by atoms with E-state index in [2.05, 4.69) is 16.7 Å². The molecule has 4 rings (SSSR count). The number of aliphatic hydroxyl groups excluding tert-OH is 1. The minimum atomic E-state index is 0.274. The Morgan fingerprint density at radius 1 is 1.04 bits per heavy atom. The van der Waals surface area contributed by atoms with Crippen molar-refractivity contribution < 1.29 is 5.11 Å². The first-order chi connectivity index (χ1) is 13.2. The van der Waals surface area contributed by atoms with E-state index in [0.29, 0.717) is 6.04 Å². The molecule has 0 unspecified atom stereocenters. The van der Waals surface area contributed by atoms with E-state index in [1.807, 2.05) is 24.3 Å². The highest BCUT2D eigenvalue weighted by molar-refractivity contribution is 5.74. The number of aromatic nitrogens is 2. The van der Waals surface area contributed by atoms with Crippen molar-refractivity contribution >= 4 is 11.0 Å². The maximum Gasteiger partial charge on any atom is 0.0890 e. The van der Waals surface area contributed by atoms with Crippen molar-refractivity contribution in [1.29, 1.82) is 0 Å². The summed E-state index contributed by atoms with van der Waals surface area (Å²) in [7, 11) is 0. The van der Waals surface area contributed by atoms with E-state index >= 15 is 0 Å². The van der Waals surface area contributed by atoms with Gasteiger partial charge in [0.2, 0.25) is 0 Å². The molecule has 2 aliphatic rings. The lowest BCUT2D eigenvalue weighted by Gasteiger charge is -2.46. The first-order valence-electron chi connectivity index (χ1n) is 10.6. The smallest absolute Gasteiger partial charge is 0.0890 e. The minimum Gasteiger partial charge on any atom is -0.396 e. The highest BCUT2D eigenvalue weighted by atomic mass is 16.3. The molecule has 1 aliphatic heterocycles. The van der Waals surface area contributed by atoms with Crippen molar-refractivity contribution in [3.05, 3.63) is 35.7 Å². The lowest BCUT2D eigenvalue weighted by Crippen LogP contribution is -2.56. The summed E-state index contributed by atoms with van der Waals surface area (Å²) in [5, 5.41) is 9.61. The Hall–Kier alpha value is -1.56. The molecular weight excluding hydrogens is 336 g/mol. The van der Waals surface area contributed by atoms with Gasteiger partial charge in [0, 0.05) is 44.9 Å². The van der Waals surface area contributed by atoms with Crippen molar-refractivity contribution in [2.45, 2.75) is 64.1 Å². The molecule has 1 saturated heterocycles. The maximum atomic E-state index is 9.61. The van der Waals surface area contributed by atoms with Gasteiger partial charge in [-0.2, -0.15) is 0 Å². The second kappa shape index (κ2) is 8.63. The quantitative estimate of drug-likeness (QED) is 0.879. The Balaban J connectivity index is 1.46. The van der Waals surface area contributed by atoms with Crippen molar-refractivity contribution in [2.75, 3.05) is 26.2 Å². The summed E-state index contributed by atoms with van der Waals surface area (Å²) in [6.07, 6.45) is 7.65. The zero-order valence-electron chi connectivity index (χ0n) is 16.5. The van der Waals surface area contributed by atoms with Crippen LogP contribution >= 0.6 is 0 Å². The van der Waals surface area contributed by atoms with Crippen LogP contribution in [0.25, 0.3) is 11.0 Å². The lowest BCUT2D eigenvalue weighted by atomic mass is 9.92.